The lowest BCUT2D eigenvalue weighted by molar-refractivity contribution is 0.475. The first kappa shape index (κ1) is 15.3. The summed E-state index contributed by atoms with van der Waals surface area (Å²) in [7, 11) is 1.85. The highest BCUT2D eigenvalue weighted by Crippen LogP contribution is 2.35. The zero-order valence-electron chi connectivity index (χ0n) is 13.0. The van der Waals surface area contributed by atoms with Gasteiger partial charge in [-0.05, 0) is 37.6 Å². The first-order chi connectivity index (χ1) is 10.9. The molecule has 0 fully saturated rings. The second-order valence-electron chi connectivity index (χ2n) is 5.34. The van der Waals surface area contributed by atoms with Crippen LogP contribution in [0.15, 0.2) is 24.4 Å². The molecule has 7 heteroatoms. The molecule has 23 heavy (non-hydrogen) atoms. The fourth-order valence-electron chi connectivity index (χ4n) is 2.53. The van der Waals surface area contributed by atoms with Gasteiger partial charge in [0.05, 0.1) is 28.3 Å². The van der Waals surface area contributed by atoms with Crippen LogP contribution in [-0.4, -0.2) is 24.9 Å². The van der Waals surface area contributed by atoms with Crippen molar-refractivity contribution in [3.8, 4) is 28.4 Å². The van der Waals surface area contributed by atoms with Crippen molar-refractivity contribution in [3.05, 3.63) is 40.7 Å². The van der Waals surface area contributed by atoms with Crippen LogP contribution in [-0.2, 0) is 7.05 Å². The van der Waals surface area contributed by atoms with Gasteiger partial charge in [0.15, 0.2) is 0 Å². The van der Waals surface area contributed by atoms with Crippen molar-refractivity contribution in [3.63, 3.8) is 0 Å². The Bertz CT molecular complexity index is 904. The molecule has 3 aromatic rings. The molecule has 0 atom stereocenters. The maximum atomic E-state index is 9.61. The summed E-state index contributed by atoms with van der Waals surface area (Å²) in [6.07, 6.45) is 1.50. The molecule has 0 radical (unpaired) electrons. The van der Waals surface area contributed by atoms with Crippen LogP contribution in [0.4, 0.5) is 5.82 Å². The largest absolute Gasteiger partial charge is 0.506 e. The molecule has 0 aliphatic rings. The van der Waals surface area contributed by atoms with Crippen LogP contribution < -0.4 is 5.73 Å². The first-order valence-corrected chi connectivity index (χ1v) is 7.38. The topological polar surface area (TPSA) is 89.9 Å². The maximum absolute atomic E-state index is 9.61. The number of phenolic OH excluding ortho intramolecular Hbond substituents is 1. The summed E-state index contributed by atoms with van der Waals surface area (Å²) in [5.41, 5.74) is 10.6. The van der Waals surface area contributed by atoms with Crippen LogP contribution in [0.2, 0.25) is 5.02 Å². The van der Waals surface area contributed by atoms with Gasteiger partial charge in [-0.2, -0.15) is 5.10 Å². The van der Waals surface area contributed by atoms with Crippen molar-refractivity contribution in [2.24, 2.45) is 7.05 Å². The van der Waals surface area contributed by atoms with E-state index in [0.717, 1.165) is 22.5 Å². The van der Waals surface area contributed by atoms with Crippen molar-refractivity contribution in [1.82, 2.24) is 19.7 Å². The molecule has 0 aliphatic heterocycles. The normalized spacial score (nSPS) is 11.0. The van der Waals surface area contributed by atoms with E-state index in [1.165, 1.54) is 12.3 Å². The van der Waals surface area contributed by atoms with Gasteiger partial charge < -0.3 is 10.8 Å². The minimum Gasteiger partial charge on any atom is -0.506 e. The predicted octanol–water partition coefficient (Wildman–Crippen LogP) is 3.10. The Hall–Kier alpha value is -2.60. The molecule has 0 saturated carbocycles. The molecule has 0 spiro atoms. The Kier molecular flexibility index (Phi) is 3.69. The highest BCUT2D eigenvalue weighted by molar-refractivity contribution is 6.32. The van der Waals surface area contributed by atoms with Gasteiger partial charge >= 0.3 is 0 Å². The summed E-state index contributed by atoms with van der Waals surface area (Å²) >= 11 is 6.02. The Morgan fingerprint density at radius 2 is 1.96 bits per heavy atom. The zero-order valence-corrected chi connectivity index (χ0v) is 13.8. The minimum absolute atomic E-state index is 0.0212. The third kappa shape index (κ3) is 2.61. The van der Waals surface area contributed by atoms with Gasteiger partial charge in [0.1, 0.15) is 17.3 Å². The maximum Gasteiger partial charge on any atom is 0.142 e. The van der Waals surface area contributed by atoms with Gasteiger partial charge in [-0.3, -0.25) is 9.67 Å². The van der Waals surface area contributed by atoms with E-state index in [9.17, 15) is 5.11 Å². The Morgan fingerprint density at radius 3 is 2.57 bits per heavy atom. The van der Waals surface area contributed by atoms with Gasteiger partial charge in [0, 0.05) is 12.6 Å². The number of nitrogens with zero attached hydrogens (tertiary/aromatic N) is 4. The van der Waals surface area contributed by atoms with Crippen molar-refractivity contribution < 1.29 is 5.11 Å². The number of rotatable bonds is 2. The number of halogens is 1. The number of benzene rings is 1. The van der Waals surface area contributed by atoms with Gasteiger partial charge in [-0.15, -0.1) is 0 Å². The fourth-order valence-corrected chi connectivity index (χ4v) is 2.71. The quantitative estimate of drug-likeness (QED) is 0.754. The number of aryl methyl sites for hydroxylation is 2. The number of nitrogens with two attached hydrogens (primary N) is 1. The average molecular weight is 330 g/mol. The van der Waals surface area contributed by atoms with Gasteiger partial charge in [-0.25, -0.2) is 4.98 Å². The number of hydrogen-bond acceptors (Lipinski definition) is 5. The average Bonchev–Trinajstić information content (AvgIpc) is 2.75. The van der Waals surface area contributed by atoms with Crippen molar-refractivity contribution >= 4 is 17.4 Å². The van der Waals surface area contributed by atoms with Gasteiger partial charge in [0.25, 0.3) is 0 Å². The number of hydrogen-bond donors (Lipinski definition) is 2. The number of anilines is 1. The van der Waals surface area contributed by atoms with E-state index in [-0.39, 0.29) is 10.8 Å². The Labute approximate surface area is 138 Å². The number of aromatic nitrogens is 4. The standard InChI is InChI=1S/C16H16ClN5O/c1-8-9(2)21-22(3)16(8)15-14(19-7-13(18)20-15)10-4-5-12(23)11(17)6-10/h4-7,23H,1-3H3,(H2,18,20). The molecule has 0 unspecified atom stereocenters. The SMILES string of the molecule is Cc1nn(C)c(-c2nc(N)cnc2-c2ccc(O)c(Cl)c2)c1C. The third-order valence-corrected chi connectivity index (χ3v) is 4.06. The molecule has 0 bridgehead atoms. The molecular formula is C16H16ClN5O. The van der Waals surface area contributed by atoms with E-state index in [1.807, 2.05) is 20.9 Å². The molecule has 2 aromatic heterocycles. The molecule has 2 heterocycles. The lowest BCUT2D eigenvalue weighted by Crippen LogP contribution is -2.03. The van der Waals surface area contributed by atoms with E-state index in [0.29, 0.717) is 17.2 Å². The van der Waals surface area contributed by atoms with Crippen LogP contribution in [0.25, 0.3) is 22.6 Å². The van der Waals surface area contributed by atoms with E-state index in [1.54, 1.807) is 16.8 Å². The lowest BCUT2D eigenvalue weighted by atomic mass is 10.0. The van der Waals surface area contributed by atoms with Crippen molar-refractivity contribution in [2.45, 2.75) is 13.8 Å². The summed E-state index contributed by atoms with van der Waals surface area (Å²) in [5.74, 6) is 0.347. The summed E-state index contributed by atoms with van der Waals surface area (Å²) in [4.78, 5) is 8.87. The van der Waals surface area contributed by atoms with Crippen molar-refractivity contribution in [1.29, 1.82) is 0 Å². The van der Waals surface area contributed by atoms with Crippen LogP contribution in [0.5, 0.6) is 5.75 Å². The second-order valence-corrected chi connectivity index (χ2v) is 5.75. The predicted molar refractivity (Wildman–Crippen MR) is 90.2 cm³/mol. The fraction of sp³-hybridized carbons (Fsp3) is 0.188. The van der Waals surface area contributed by atoms with Gasteiger partial charge in [-0.1, -0.05) is 11.6 Å². The van der Waals surface area contributed by atoms with Crippen LogP contribution in [0.3, 0.4) is 0 Å². The molecule has 0 aliphatic carbocycles. The monoisotopic (exact) mass is 329 g/mol. The zero-order chi connectivity index (χ0) is 16.7. The highest BCUT2D eigenvalue weighted by Gasteiger charge is 2.19. The molecule has 0 saturated heterocycles. The summed E-state index contributed by atoms with van der Waals surface area (Å²) in [5, 5.41) is 14.3. The van der Waals surface area contributed by atoms with Crippen molar-refractivity contribution in [2.75, 3.05) is 5.73 Å². The van der Waals surface area contributed by atoms with E-state index in [2.05, 4.69) is 15.1 Å². The van der Waals surface area contributed by atoms with E-state index >= 15 is 0 Å². The molecule has 3 N–H and O–H groups in total. The van der Waals surface area contributed by atoms with Crippen LogP contribution >= 0.6 is 11.6 Å². The second kappa shape index (κ2) is 5.55. The smallest absolute Gasteiger partial charge is 0.142 e. The van der Waals surface area contributed by atoms with E-state index in [4.69, 9.17) is 17.3 Å². The first-order valence-electron chi connectivity index (χ1n) is 7.00. The Balaban J connectivity index is 2.29. The summed E-state index contributed by atoms with van der Waals surface area (Å²) in [6, 6.07) is 4.92. The van der Waals surface area contributed by atoms with Gasteiger partial charge in [0.2, 0.25) is 0 Å². The molecular weight excluding hydrogens is 314 g/mol. The molecule has 3 rings (SSSR count). The molecule has 118 valence electrons. The van der Waals surface area contributed by atoms with Crippen LogP contribution in [0, 0.1) is 13.8 Å². The Morgan fingerprint density at radius 1 is 1.22 bits per heavy atom. The third-order valence-electron chi connectivity index (χ3n) is 3.76. The minimum atomic E-state index is 0.0212. The highest BCUT2D eigenvalue weighted by atomic mass is 35.5. The van der Waals surface area contributed by atoms with Crippen LogP contribution in [0.1, 0.15) is 11.3 Å². The number of phenols is 1. The molecule has 0 amide bonds. The molecule has 6 nitrogen and oxygen atoms in total. The summed E-state index contributed by atoms with van der Waals surface area (Å²) in [6.45, 7) is 3.92. The number of aromatic hydroxyl groups is 1. The molecule has 1 aromatic carbocycles. The number of nitrogen functional groups attached to an aromatic ring is 1. The van der Waals surface area contributed by atoms with E-state index < -0.39 is 0 Å². The lowest BCUT2D eigenvalue weighted by Gasteiger charge is -2.11. The summed E-state index contributed by atoms with van der Waals surface area (Å²) < 4.78 is 1.76.